The van der Waals surface area contributed by atoms with Gasteiger partial charge in [-0.05, 0) is 18.6 Å². The van der Waals surface area contributed by atoms with E-state index in [1.54, 1.807) is 0 Å². The molecule has 0 bridgehead atoms. The Morgan fingerprint density at radius 1 is 1.29 bits per heavy atom. The summed E-state index contributed by atoms with van der Waals surface area (Å²) >= 11 is 0. The van der Waals surface area contributed by atoms with Gasteiger partial charge in [0, 0.05) is 50.8 Å². The first-order chi connectivity index (χ1) is 11.4. The predicted molar refractivity (Wildman–Crippen MR) is 95.0 cm³/mol. The third-order valence-corrected chi connectivity index (χ3v) is 4.41. The zero-order valence-corrected chi connectivity index (χ0v) is 15.1. The second-order valence-corrected chi connectivity index (χ2v) is 7.57. The van der Waals surface area contributed by atoms with E-state index >= 15 is 0 Å². The predicted octanol–water partition coefficient (Wildman–Crippen LogP) is 1.86. The molecule has 0 aromatic carbocycles. The molecule has 0 saturated carbocycles. The molecule has 0 aliphatic carbocycles. The Hall–Kier alpha value is -1.95. The summed E-state index contributed by atoms with van der Waals surface area (Å²) in [7, 11) is 0. The van der Waals surface area contributed by atoms with E-state index in [4.69, 9.17) is 4.98 Å². The maximum Gasteiger partial charge on any atom is 0.224 e. The minimum atomic E-state index is -0.0906. The first-order valence-corrected chi connectivity index (χ1v) is 8.68. The molecule has 0 radical (unpaired) electrons. The van der Waals surface area contributed by atoms with Gasteiger partial charge in [0.25, 0.3) is 0 Å². The molecule has 1 saturated heterocycles. The molecule has 1 fully saturated rings. The molecule has 1 aliphatic heterocycles. The summed E-state index contributed by atoms with van der Waals surface area (Å²) in [5.41, 5.74) is 2.80. The molecule has 1 aliphatic rings. The zero-order chi connectivity index (χ0) is 17.3. The van der Waals surface area contributed by atoms with Gasteiger partial charge in [-0.15, -0.1) is 0 Å². The summed E-state index contributed by atoms with van der Waals surface area (Å²) in [6.07, 6.45) is 2.36. The number of nitrogens with one attached hydrogen (secondary N) is 1. The van der Waals surface area contributed by atoms with Gasteiger partial charge in [0.2, 0.25) is 5.91 Å². The van der Waals surface area contributed by atoms with Crippen LogP contribution in [0, 0.1) is 6.92 Å². The number of aromatic nitrogens is 3. The summed E-state index contributed by atoms with van der Waals surface area (Å²) in [5, 5.41) is 3.28. The normalized spacial score (nSPS) is 15.9. The lowest BCUT2D eigenvalue weighted by Gasteiger charge is -2.28. The van der Waals surface area contributed by atoms with Crippen molar-refractivity contribution < 1.29 is 4.79 Å². The fourth-order valence-corrected chi connectivity index (χ4v) is 3.18. The minimum absolute atomic E-state index is 0.0906. The van der Waals surface area contributed by atoms with E-state index in [-0.39, 0.29) is 11.3 Å². The van der Waals surface area contributed by atoms with E-state index in [0.29, 0.717) is 13.0 Å². The highest BCUT2D eigenvalue weighted by molar-refractivity contribution is 5.77. The monoisotopic (exact) mass is 329 g/mol. The quantitative estimate of drug-likeness (QED) is 0.933. The van der Waals surface area contributed by atoms with E-state index < -0.39 is 0 Å². The van der Waals surface area contributed by atoms with Gasteiger partial charge >= 0.3 is 0 Å². The van der Waals surface area contributed by atoms with Crippen molar-refractivity contribution in [1.29, 1.82) is 0 Å². The highest BCUT2D eigenvalue weighted by Crippen LogP contribution is 2.26. The third kappa shape index (κ3) is 3.43. The Morgan fingerprint density at radius 3 is 2.67 bits per heavy atom. The van der Waals surface area contributed by atoms with E-state index in [2.05, 4.69) is 41.7 Å². The number of hydrogen-bond acceptors (Lipinski definition) is 4. The highest BCUT2D eigenvalue weighted by atomic mass is 16.2. The summed E-state index contributed by atoms with van der Waals surface area (Å²) in [4.78, 5) is 23.8. The molecule has 6 heteroatoms. The molecular weight excluding hydrogens is 302 g/mol. The molecule has 2 aromatic heterocycles. The van der Waals surface area contributed by atoms with Gasteiger partial charge in [-0.3, -0.25) is 4.79 Å². The molecule has 130 valence electrons. The summed E-state index contributed by atoms with van der Waals surface area (Å²) < 4.78 is 2.12. The van der Waals surface area contributed by atoms with Gasteiger partial charge in [-0.2, -0.15) is 0 Å². The Kier molecular flexibility index (Phi) is 4.58. The standard InChI is InChI=1S/C18H27N5O/c1-13-11-14-16(20-12-13)23(17(21-14)18(2,3)4)8-5-15(24)22-9-6-19-7-10-22/h11-12,19H,5-10H2,1-4H3. The lowest BCUT2D eigenvalue weighted by molar-refractivity contribution is -0.132. The van der Waals surface area contributed by atoms with Crippen LogP contribution in [0.25, 0.3) is 11.2 Å². The average molecular weight is 329 g/mol. The Morgan fingerprint density at radius 2 is 2.00 bits per heavy atom. The summed E-state index contributed by atoms with van der Waals surface area (Å²) in [5.74, 6) is 1.20. The number of hydrogen-bond donors (Lipinski definition) is 1. The Labute approximate surface area is 143 Å². The largest absolute Gasteiger partial charge is 0.340 e. The summed E-state index contributed by atoms with van der Waals surface area (Å²) in [6, 6.07) is 2.06. The number of nitrogens with zero attached hydrogens (tertiary/aromatic N) is 4. The molecule has 0 atom stereocenters. The number of amides is 1. The second kappa shape index (κ2) is 6.51. The van der Waals surface area contributed by atoms with Gasteiger partial charge in [0.1, 0.15) is 11.3 Å². The van der Waals surface area contributed by atoms with E-state index in [9.17, 15) is 4.79 Å². The van der Waals surface area contributed by atoms with Gasteiger partial charge in [-0.1, -0.05) is 20.8 Å². The molecule has 6 nitrogen and oxygen atoms in total. The minimum Gasteiger partial charge on any atom is -0.340 e. The van der Waals surface area contributed by atoms with E-state index in [1.165, 1.54) is 0 Å². The van der Waals surface area contributed by atoms with Crippen LogP contribution in [-0.2, 0) is 16.8 Å². The molecule has 2 aromatic rings. The lowest BCUT2D eigenvalue weighted by Crippen LogP contribution is -2.46. The number of carbonyl (C=O) groups is 1. The maximum atomic E-state index is 12.5. The average Bonchev–Trinajstić information content (AvgIpc) is 2.91. The fourth-order valence-electron chi connectivity index (χ4n) is 3.18. The fraction of sp³-hybridized carbons (Fsp3) is 0.611. The van der Waals surface area contributed by atoms with Crippen LogP contribution in [0.5, 0.6) is 0 Å². The SMILES string of the molecule is Cc1cnc2c(c1)nc(C(C)(C)C)n2CCC(=O)N1CCNCC1. The van der Waals surface area contributed by atoms with Crippen LogP contribution in [0.1, 0.15) is 38.6 Å². The Bertz CT molecular complexity index is 738. The molecule has 0 unspecified atom stereocenters. The molecule has 0 spiro atoms. The van der Waals surface area contributed by atoms with Crippen LogP contribution in [0.3, 0.4) is 0 Å². The van der Waals surface area contributed by atoms with Gasteiger partial charge in [0.15, 0.2) is 5.65 Å². The van der Waals surface area contributed by atoms with Crippen molar-refractivity contribution in [2.75, 3.05) is 26.2 Å². The van der Waals surface area contributed by atoms with Gasteiger partial charge in [-0.25, -0.2) is 9.97 Å². The molecular formula is C18H27N5O. The lowest BCUT2D eigenvalue weighted by atomic mass is 9.95. The number of pyridine rings is 1. The molecule has 1 N–H and O–H groups in total. The molecule has 24 heavy (non-hydrogen) atoms. The third-order valence-electron chi connectivity index (χ3n) is 4.41. The van der Waals surface area contributed by atoms with Crippen LogP contribution in [0.15, 0.2) is 12.3 Å². The molecule has 3 heterocycles. The van der Waals surface area contributed by atoms with Crippen molar-refractivity contribution in [3.8, 4) is 0 Å². The van der Waals surface area contributed by atoms with Gasteiger partial charge < -0.3 is 14.8 Å². The van der Waals surface area contributed by atoms with Crippen molar-refractivity contribution in [3.05, 3.63) is 23.7 Å². The zero-order valence-electron chi connectivity index (χ0n) is 15.1. The van der Waals surface area contributed by atoms with Crippen LogP contribution < -0.4 is 5.32 Å². The first kappa shape index (κ1) is 16.9. The van der Waals surface area contributed by atoms with Crippen LogP contribution in [-0.4, -0.2) is 51.5 Å². The molecule has 1 amide bonds. The number of fused-ring (bicyclic) bond motifs is 1. The highest BCUT2D eigenvalue weighted by Gasteiger charge is 2.24. The summed E-state index contributed by atoms with van der Waals surface area (Å²) in [6.45, 7) is 12.5. The number of aryl methyl sites for hydroxylation is 2. The number of carbonyl (C=O) groups excluding carboxylic acids is 1. The van der Waals surface area contributed by atoms with Crippen molar-refractivity contribution in [2.24, 2.45) is 0 Å². The second-order valence-electron chi connectivity index (χ2n) is 7.57. The van der Waals surface area contributed by atoms with Crippen LogP contribution in [0.4, 0.5) is 0 Å². The number of piperazine rings is 1. The topological polar surface area (TPSA) is 63.1 Å². The van der Waals surface area contributed by atoms with E-state index in [0.717, 1.165) is 48.7 Å². The van der Waals surface area contributed by atoms with E-state index in [1.807, 2.05) is 18.0 Å². The van der Waals surface area contributed by atoms with Crippen LogP contribution >= 0.6 is 0 Å². The van der Waals surface area contributed by atoms with Crippen molar-refractivity contribution in [1.82, 2.24) is 24.8 Å². The molecule has 3 rings (SSSR count). The van der Waals surface area contributed by atoms with Crippen molar-refractivity contribution in [2.45, 2.75) is 46.1 Å². The first-order valence-electron chi connectivity index (χ1n) is 8.68. The number of rotatable bonds is 3. The number of imidazole rings is 1. The van der Waals surface area contributed by atoms with Crippen molar-refractivity contribution in [3.63, 3.8) is 0 Å². The maximum absolute atomic E-state index is 12.5. The van der Waals surface area contributed by atoms with Gasteiger partial charge in [0.05, 0.1) is 0 Å². The van der Waals surface area contributed by atoms with Crippen molar-refractivity contribution >= 4 is 17.1 Å². The smallest absolute Gasteiger partial charge is 0.224 e. The van der Waals surface area contributed by atoms with Crippen LogP contribution in [0.2, 0.25) is 0 Å². The Balaban J connectivity index is 1.85.